The fourth-order valence-corrected chi connectivity index (χ4v) is 6.89. The molecule has 3 heterocycles. The number of carbonyl (C=O) groups excluding carboxylic acids is 1. The highest BCUT2D eigenvalue weighted by Crippen LogP contribution is 2.36. The van der Waals surface area contributed by atoms with Gasteiger partial charge in [0.05, 0.1) is 28.8 Å². The van der Waals surface area contributed by atoms with E-state index in [4.69, 9.17) is 0 Å². The molecule has 3 N–H and O–H groups in total. The zero-order chi connectivity index (χ0) is 31.1. The predicted molar refractivity (Wildman–Crippen MR) is 176 cm³/mol. The summed E-state index contributed by atoms with van der Waals surface area (Å²) in [4.78, 5) is 20.6. The number of sulfone groups is 1. The number of hydrogen-bond donors (Lipinski definition) is 3. The summed E-state index contributed by atoms with van der Waals surface area (Å²) in [6.45, 7) is 0. The Kier molecular flexibility index (Phi) is 7.45. The zero-order valence-electron chi connectivity index (χ0n) is 24.7. The van der Waals surface area contributed by atoms with Gasteiger partial charge < -0.3 is 10.3 Å². The second-order valence-corrected chi connectivity index (χ2v) is 14.2. The number of nitrogens with one attached hydrogen (secondary N) is 3. The van der Waals surface area contributed by atoms with E-state index in [-0.39, 0.29) is 24.0 Å². The van der Waals surface area contributed by atoms with Gasteiger partial charge in [0.2, 0.25) is 5.91 Å². The number of anilines is 1. The average molecular weight is 622 g/mol. The van der Waals surface area contributed by atoms with Gasteiger partial charge in [-0.3, -0.25) is 14.9 Å². The summed E-state index contributed by atoms with van der Waals surface area (Å²) in [5.41, 5.74) is 7.90. The van der Waals surface area contributed by atoms with E-state index in [1.165, 1.54) is 18.4 Å². The highest BCUT2D eigenvalue weighted by Gasteiger charge is 2.23. The molecule has 0 bridgehead atoms. The lowest BCUT2D eigenvalue weighted by Crippen LogP contribution is -2.20. The Bertz CT molecular complexity index is 2180. The molecule has 1 amide bonds. The number of H-pyrrole nitrogens is 2. The molecule has 7 rings (SSSR count). The summed E-state index contributed by atoms with van der Waals surface area (Å²) in [7, 11) is -3.18. The molecular formula is C35H32FN5O3S. The van der Waals surface area contributed by atoms with Gasteiger partial charge in [-0.1, -0.05) is 37.1 Å². The number of carbonyl (C=O) groups is 1. The van der Waals surface area contributed by atoms with Crippen molar-refractivity contribution in [3.05, 3.63) is 90.5 Å². The molecule has 1 aliphatic rings. The minimum Gasteiger partial charge on any atom is -0.353 e. The number of aryl methyl sites for hydroxylation is 1. The molecule has 10 heteroatoms. The molecule has 1 aliphatic carbocycles. The number of rotatable bonds is 8. The van der Waals surface area contributed by atoms with Crippen LogP contribution in [0.3, 0.4) is 0 Å². The van der Waals surface area contributed by atoms with Crippen molar-refractivity contribution >= 4 is 43.2 Å². The van der Waals surface area contributed by atoms with Crippen LogP contribution in [0.15, 0.2) is 79.1 Å². The summed E-state index contributed by atoms with van der Waals surface area (Å²) in [5, 5.41) is 12.6. The summed E-state index contributed by atoms with van der Waals surface area (Å²) in [6.07, 6.45) is 8.94. The van der Waals surface area contributed by atoms with E-state index >= 15 is 0 Å². The standard InChI is InChI=1S/C35H32FN5O3S/c1-45(43,44)12-11-21-13-24(15-26(36)14-21)28-7-4-8-31-29(28)18-33(39-31)34-30-17-23(9-10-32(30)40-41-34)25-16-27(20-37-19-25)38-35(42)22-5-2-3-6-22/h4,7-10,13-20,22,39H,2-3,5-6,11-12H2,1H3,(H,38,42)(H,40,41). The normalized spacial score (nSPS) is 14.0. The van der Waals surface area contributed by atoms with E-state index in [2.05, 4.69) is 31.5 Å². The fourth-order valence-electron chi connectivity index (χ4n) is 6.29. The number of aromatic amines is 2. The van der Waals surface area contributed by atoms with Gasteiger partial charge in [-0.15, -0.1) is 0 Å². The van der Waals surface area contributed by atoms with E-state index in [1.54, 1.807) is 12.4 Å². The first-order valence-electron chi connectivity index (χ1n) is 15.0. The number of halogens is 1. The lowest BCUT2D eigenvalue weighted by atomic mass is 9.98. The van der Waals surface area contributed by atoms with E-state index < -0.39 is 15.7 Å². The smallest absolute Gasteiger partial charge is 0.227 e. The summed E-state index contributed by atoms with van der Waals surface area (Å²) in [6, 6.07) is 20.5. The predicted octanol–water partition coefficient (Wildman–Crippen LogP) is 7.30. The van der Waals surface area contributed by atoms with Crippen LogP contribution < -0.4 is 5.32 Å². The Morgan fingerprint density at radius 2 is 1.78 bits per heavy atom. The first kappa shape index (κ1) is 28.9. The molecule has 0 radical (unpaired) electrons. The van der Waals surface area contributed by atoms with Crippen molar-refractivity contribution < 1.29 is 17.6 Å². The topological polar surface area (TPSA) is 121 Å². The van der Waals surface area contributed by atoms with Crippen molar-refractivity contribution in [3.63, 3.8) is 0 Å². The highest BCUT2D eigenvalue weighted by atomic mass is 32.2. The van der Waals surface area contributed by atoms with Crippen molar-refractivity contribution in [2.24, 2.45) is 5.92 Å². The molecule has 3 aromatic carbocycles. The number of hydrogen-bond acceptors (Lipinski definition) is 5. The van der Waals surface area contributed by atoms with Gasteiger partial charge in [-0.2, -0.15) is 5.10 Å². The van der Waals surface area contributed by atoms with Crippen LogP contribution in [0, 0.1) is 11.7 Å². The van der Waals surface area contributed by atoms with E-state index in [0.717, 1.165) is 75.6 Å². The van der Waals surface area contributed by atoms with E-state index in [9.17, 15) is 17.6 Å². The second-order valence-electron chi connectivity index (χ2n) is 11.9. The summed E-state index contributed by atoms with van der Waals surface area (Å²) >= 11 is 0. The maximum absolute atomic E-state index is 14.7. The molecule has 228 valence electrons. The number of fused-ring (bicyclic) bond motifs is 2. The Balaban J connectivity index is 1.22. The van der Waals surface area contributed by atoms with Crippen LogP contribution in [-0.4, -0.2) is 46.5 Å². The van der Waals surface area contributed by atoms with Gasteiger partial charge in [0.1, 0.15) is 21.3 Å². The van der Waals surface area contributed by atoms with Crippen LogP contribution in [0.2, 0.25) is 0 Å². The maximum atomic E-state index is 14.7. The average Bonchev–Trinajstić information content (AvgIpc) is 3.79. The lowest BCUT2D eigenvalue weighted by molar-refractivity contribution is -0.119. The minimum absolute atomic E-state index is 0.0436. The third-order valence-corrected chi connectivity index (χ3v) is 9.52. The van der Waals surface area contributed by atoms with Gasteiger partial charge in [-0.25, -0.2) is 12.8 Å². The number of amides is 1. The monoisotopic (exact) mass is 621 g/mol. The molecule has 45 heavy (non-hydrogen) atoms. The minimum atomic E-state index is -3.18. The molecule has 0 aliphatic heterocycles. The molecule has 0 saturated heterocycles. The number of aromatic nitrogens is 4. The Morgan fingerprint density at radius 1 is 0.933 bits per heavy atom. The number of pyridine rings is 1. The molecule has 3 aromatic heterocycles. The number of benzene rings is 3. The molecule has 0 atom stereocenters. The molecule has 1 saturated carbocycles. The van der Waals surface area contributed by atoms with Crippen molar-refractivity contribution in [1.29, 1.82) is 0 Å². The summed E-state index contributed by atoms with van der Waals surface area (Å²) in [5.74, 6) is -0.331. The van der Waals surface area contributed by atoms with Crippen LogP contribution in [0.25, 0.3) is 55.4 Å². The molecular weight excluding hydrogens is 589 g/mol. The zero-order valence-corrected chi connectivity index (χ0v) is 25.5. The van der Waals surface area contributed by atoms with Crippen LogP contribution >= 0.6 is 0 Å². The van der Waals surface area contributed by atoms with Crippen molar-refractivity contribution in [1.82, 2.24) is 20.2 Å². The lowest BCUT2D eigenvalue weighted by Gasteiger charge is -2.11. The highest BCUT2D eigenvalue weighted by molar-refractivity contribution is 7.90. The Hall–Kier alpha value is -4.83. The van der Waals surface area contributed by atoms with Crippen LogP contribution in [0.1, 0.15) is 31.2 Å². The maximum Gasteiger partial charge on any atom is 0.227 e. The van der Waals surface area contributed by atoms with E-state index in [1.807, 2.05) is 48.5 Å². The van der Waals surface area contributed by atoms with Crippen molar-refractivity contribution in [3.8, 4) is 33.6 Å². The first-order valence-corrected chi connectivity index (χ1v) is 17.1. The quantitative estimate of drug-likeness (QED) is 0.165. The number of nitrogens with zero attached hydrogens (tertiary/aromatic N) is 2. The molecule has 0 unspecified atom stereocenters. The summed E-state index contributed by atoms with van der Waals surface area (Å²) < 4.78 is 38.1. The fraction of sp³-hybridized carbons (Fsp3) is 0.229. The molecule has 8 nitrogen and oxygen atoms in total. The SMILES string of the molecule is CS(=O)(=O)CCc1cc(F)cc(-c2cccc3[nH]c(-c4n[nH]c5ccc(-c6cncc(NC(=O)C7CCCC7)c6)cc45)cc23)c1. The second kappa shape index (κ2) is 11.6. The van der Waals surface area contributed by atoms with Gasteiger partial charge in [0, 0.05) is 40.2 Å². The Morgan fingerprint density at radius 3 is 2.60 bits per heavy atom. The van der Waals surface area contributed by atoms with Crippen molar-refractivity contribution in [2.45, 2.75) is 32.1 Å². The molecule has 1 fully saturated rings. The first-order chi connectivity index (χ1) is 21.7. The van der Waals surface area contributed by atoms with Crippen molar-refractivity contribution in [2.75, 3.05) is 17.3 Å². The van der Waals surface area contributed by atoms with Crippen LogP contribution in [0.4, 0.5) is 10.1 Å². The van der Waals surface area contributed by atoms with E-state index in [0.29, 0.717) is 16.8 Å². The van der Waals surface area contributed by atoms with Crippen LogP contribution in [0.5, 0.6) is 0 Å². The molecule has 6 aromatic rings. The largest absolute Gasteiger partial charge is 0.353 e. The van der Waals surface area contributed by atoms with Gasteiger partial charge >= 0.3 is 0 Å². The third kappa shape index (κ3) is 6.10. The van der Waals surface area contributed by atoms with Gasteiger partial charge in [-0.05, 0) is 84.0 Å². The third-order valence-electron chi connectivity index (χ3n) is 8.58. The molecule has 0 spiro atoms. The van der Waals surface area contributed by atoms with Gasteiger partial charge in [0.25, 0.3) is 0 Å². The Labute approximate surface area is 260 Å². The van der Waals surface area contributed by atoms with Crippen LogP contribution in [-0.2, 0) is 21.1 Å². The van der Waals surface area contributed by atoms with Gasteiger partial charge in [0.15, 0.2) is 0 Å².